The van der Waals surface area contributed by atoms with Crippen molar-refractivity contribution in [1.82, 2.24) is 0 Å². The number of nitrogens with two attached hydrogens (primary N) is 1. The van der Waals surface area contributed by atoms with Crippen molar-refractivity contribution in [2.45, 2.75) is 32.8 Å². The second-order valence-corrected chi connectivity index (χ2v) is 4.00. The maximum absolute atomic E-state index is 10.9. The lowest BCUT2D eigenvalue weighted by Crippen LogP contribution is -2.26. The second kappa shape index (κ2) is 6.25. The Morgan fingerprint density at radius 3 is 2.76 bits per heavy atom. The number of hydrogen-bond acceptors (Lipinski definition) is 3. The van der Waals surface area contributed by atoms with Crippen LogP contribution in [0.25, 0.3) is 0 Å². The Morgan fingerprint density at radius 2 is 2.24 bits per heavy atom. The summed E-state index contributed by atoms with van der Waals surface area (Å²) in [5.74, 6) is -0.318. The lowest BCUT2D eigenvalue weighted by atomic mass is 10.1. The first-order valence-electron chi connectivity index (χ1n) is 5.77. The van der Waals surface area contributed by atoms with Gasteiger partial charge in [0.2, 0.25) is 0 Å². The zero-order valence-corrected chi connectivity index (χ0v) is 10.3. The van der Waals surface area contributed by atoms with Crippen molar-refractivity contribution in [3.63, 3.8) is 0 Å². The molecule has 0 spiro atoms. The number of carboxylic acids is 1. The van der Waals surface area contributed by atoms with E-state index in [1.807, 2.05) is 25.1 Å². The highest BCUT2D eigenvalue weighted by molar-refractivity contribution is 5.72. The molecule has 94 valence electrons. The zero-order chi connectivity index (χ0) is 12.8. The van der Waals surface area contributed by atoms with E-state index in [4.69, 9.17) is 15.6 Å². The van der Waals surface area contributed by atoms with Gasteiger partial charge in [-0.25, -0.2) is 4.79 Å². The maximum Gasteiger partial charge on any atom is 0.344 e. The monoisotopic (exact) mass is 237 g/mol. The van der Waals surface area contributed by atoms with Gasteiger partial charge in [0.05, 0.1) is 0 Å². The number of hydrogen-bond donors (Lipinski definition) is 2. The van der Waals surface area contributed by atoms with Crippen molar-refractivity contribution < 1.29 is 14.6 Å². The molecule has 4 nitrogen and oxygen atoms in total. The Balaban J connectivity index is 2.92. The Morgan fingerprint density at radius 1 is 1.53 bits per heavy atom. The summed E-state index contributed by atoms with van der Waals surface area (Å²) in [5, 5.41) is 8.96. The minimum Gasteiger partial charge on any atom is -0.479 e. The molecule has 0 fully saturated rings. The van der Waals surface area contributed by atoms with Crippen LogP contribution in [0.4, 0.5) is 0 Å². The van der Waals surface area contributed by atoms with Gasteiger partial charge in [0.15, 0.2) is 6.10 Å². The van der Waals surface area contributed by atoms with Crippen LogP contribution < -0.4 is 10.5 Å². The van der Waals surface area contributed by atoms with Gasteiger partial charge in [0, 0.05) is 0 Å². The number of aryl methyl sites for hydroxylation is 1. The first kappa shape index (κ1) is 13.5. The molecule has 0 bridgehead atoms. The number of aliphatic carboxylic acids is 1. The van der Waals surface area contributed by atoms with Crippen LogP contribution in [0.5, 0.6) is 5.75 Å². The standard InChI is InChI=1S/C13H19NO3/c1-3-11(13(15)16)17-12-5-4-9(2)8-10(12)6-7-14/h4-5,8,11H,3,6-7,14H2,1-2H3,(H,15,16). The van der Waals surface area contributed by atoms with Crippen molar-refractivity contribution in [3.05, 3.63) is 29.3 Å². The molecule has 0 radical (unpaired) electrons. The Bertz CT molecular complexity index is 390. The van der Waals surface area contributed by atoms with Crippen LogP contribution in [0.15, 0.2) is 18.2 Å². The minimum atomic E-state index is -0.938. The molecule has 17 heavy (non-hydrogen) atoms. The molecule has 1 aromatic carbocycles. The first-order chi connectivity index (χ1) is 8.08. The van der Waals surface area contributed by atoms with Gasteiger partial charge in [-0.1, -0.05) is 24.6 Å². The summed E-state index contributed by atoms with van der Waals surface area (Å²) in [6.45, 7) is 4.29. The summed E-state index contributed by atoms with van der Waals surface area (Å²) in [4.78, 5) is 10.9. The SMILES string of the molecule is CCC(Oc1ccc(C)cc1CCN)C(=O)O. The third-order valence-corrected chi connectivity index (χ3v) is 2.55. The summed E-state index contributed by atoms with van der Waals surface area (Å²) in [5.41, 5.74) is 7.61. The number of rotatable bonds is 6. The number of benzene rings is 1. The molecule has 1 unspecified atom stereocenters. The van der Waals surface area contributed by atoms with Crippen LogP contribution in [0.3, 0.4) is 0 Å². The van der Waals surface area contributed by atoms with Gasteiger partial charge < -0.3 is 15.6 Å². The van der Waals surface area contributed by atoms with E-state index < -0.39 is 12.1 Å². The Labute approximate surface area is 101 Å². The van der Waals surface area contributed by atoms with Crippen molar-refractivity contribution in [2.75, 3.05) is 6.54 Å². The average molecular weight is 237 g/mol. The van der Waals surface area contributed by atoms with E-state index in [0.29, 0.717) is 25.1 Å². The minimum absolute atomic E-state index is 0.436. The number of carboxylic acid groups (broad SMARTS) is 1. The highest BCUT2D eigenvalue weighted by Crippen LogP contribution is 2.22. The first-order valence-corrected chi connectivity index (χ1v) is 5.77. The summed E-state index contributed by atoms with van der Waals surface area (Å²) in [6, 6.07) is 5.70. The molecule has 0 heterocycles. The van der Waals surface area contributed by atoms with E-state index in [1.54, 1.807) is 6.92 Å². The van der Waals surface area contributed by atoms with Gasteiger partial charge in [0.1, 0.15) is 5.75 Å². The van der Waals surface area contributed by atoms with Crippen molar-refractivity contribution >= 4 is 5.97 Å². The van der Waals surface area contributed by atoms with E-state index in [9.17, 15) is 4.79 Å². The second-order valence-electron chi connectivity index (χ2n) is 4.00. The molecule has 0 saturated carbocycles. The molecule has 0 aliphatic heterocycles. The Hall–Kier alpha value is -1.55. The van der Waals surface area contributed by atoms with Crippen LogP contribution in [-0.4, -0.2) is 23.7 Å². The van der Waals surface area contributed by atoms with Crippen LogP contribution in [0.1, 0.15) is 24.5 Å². The third kappa shape index (κ3) is 3.75. The number of ether oxygens (including phenoxy) is 1. The normalized spacial score (nSPS) is 12.2. The maximum atomic E-state index is 10.9. The van der Waals surface area contributed by atoms with E-state index in [-0.39, 0.29) is 0 Å². The molecule has 1 rings (SSSR count). The van der Waals surface area contributed by atoms with Gasteiger partial charge >= 0.3 is 5.97 Å². The largest absolute Gasteiger partial charge is 0.479 e. The summed E-state index contributed by atoms with van der Waals surface area (Å²) in [6.07, 6.45) is 0.326. The molecule has 0 aliphatic rings. The lowest BCUT2D eigenvalue weighted by Gasteiger charge is -2.16. The van der Waals surface area contributed by atoms with Crippen LogP contribution in [-0.2, 0) is 11.2 Å². The van der Waals surface area contributed by atoms with Gasteiger partial charge in [-0.15, -0.1) is 0 Å². The van der Waals surface area contributed by atoms with E-state index in [1.165, 1.54) is 0 Å². The van der Waals surface area contributed by atoms with Gasteiger partial charge in [-0.3, -0.25) is 0 Å². The molecular formula is C13H19NO3. The number of carbonyl (C=O) groups is 1. The van der Waals surface area contributed by atoms with Gasteiger partial charge in [-0.05, 0) is 37.9 Å². The summed E-state index contributed by atoms with van der Waals surface area (Å²) >= 11 is 0. The van der Waals surface area contributed by atoms with Crippen LogP contribution >= 0.6 is 0 Å². The van der Waals surface area contributed by atoms with Crippen molar-refractivity contribution in [1.29, 1.82) is 0 Å². The predicted octanol–water partition coefficient (Wildman–Crippen LogP) is 1.74. The van der Waals surface area contributed by atoms with E-state index in [2.05, 4.69) is 0 Å². The highest BCUT2D eigenvalue weighted by Gasteiger charge is 2.18. The molecule has 0 amide bonds. The molecule has 1 aromatic rings. The summed E-state index contributed by atoms with van der Waals surface area (Å²) in [7, 11) is 0. The topological polar surface area (TPSA) is 72.5 Å². The molecule has 0 aromatic heterocycles. The van der Waals surface area contributed by atoms with Gasteiger partial charge in [0.25, 0.3) is 0 Å². The molecule has 0 aliphatic carbocycles. The average Bonchev–Trinajstić information content (AvgIpc) is 2.28. The molecule has 0 saturated heterocycles. The summed E-state index contributed by atoms with van der Waals surface area (Å²) < 4.78 is 5.51. The fourth-order valence-corrected chi connectivity index (χ4v) is 1.64. The van der Waals surface area contributed by atoms with Crippen molar-refractivity contribution in [2.24, 2.45) is 5.73 Å². The Kier molecular flexibility index (Phi) is 4.97. The molecular weight excluding hydrogens is 218 g/mol. The van der Waals surface area contributed by atoms with E-state index >= 15 is 0 Å². The molecule has 4 heteroatoms. The van der Waals surface area contributed by atoms with Crippen LogP contribution in [0, 0.1) is 6.92 Å². The fourth-order valence-electron chi connectivity index (χ4n) is 1.64. The quantitative estimate of drug-likeness (QED) is 0.790. The smallest absolute Gasteiger partial charge is 0.344 e. The van der Waals surface area contributed by atoms with E-state index in [0.717, 1.165) is 11.1 Å². The fraction of sp³-hybridized carbons (Fsp3) is 0.462. The zero-order valence-electron chi connectivity index (χ0n) is 10.3. The van der Waals surface area contributed by atoms with Crippen LogP contribution in [0.2, 0.25) is 0 Å². The highest BCUT2D eigenvalue weighted by atomic mass is 16.5. The third-order valence-electron chi connectivity index (χ3n) is 2.55. The van der Waals surface area contributed by atoms with Gasteiger partial charge in [-0.2, -0.15) is 0 Å². The predicted molar refractivity (Wildman–Crippen MR) is 66.3 cm³/mol. The molecule has 3 N–H and O–H groups in total. The molecule has 1 atom stereocenters. The van der Waals surface area contributed by atoms with Crippen molar-refractivity contribution in [3.8, 4) is 5.75 Å². The lowest BCUT2D eigenvalue weighted by molar-refractivity contribution is -0.145.